The molecule has 0 radical (unpaired) electrons. The molecule has 1 aliphatic heterocycles. The molecule has 21 heavy (non-hydrogen) atoms. The van der Waals surface area contributed by atoms with Crippen LogP contribution in [0.3, 0.4) is 0 Å². The summed E-state index contributed by atoms with van der Waals surface area (Å²) in [6.45, 7) is 8.41. The van der Waals surface area contributed by atoms with Crippen molar-refractivity contribution in [3.05, 3.63) is 17.3 Å². The fourth-order valence-corrected chi connectivity index (χ4v) is 2.75. The first-order valence-corrected chi connectivity index (χ1v) is 7.59. The Morgan fingerprint density at radius 1 is 1.14 bits per heavy atom. The molecule has 3 rings (SSSR count). The lowest BCUT2D eigenvalue weighted by molar-refractivity contribution is 0.175. The van der Waals surface area contributed by atoms with Crippen LogP contribution in [0.15, 0.2) is 4.42 Å². The third-order valence-corrected chi connectivity index (χ3v) is 4.41. The molecule has 1 N–H and O–H groups in total. The molecule has 0 bridgehead atoms. The van der Waals surface area contributed by atoms with Crippen LogP contribution in [-0.4, -0.2) is 35.6 Å². The lowest BCUT2D eigenvalue weighted by atomic mass is 10.0. The number of hydrogen-bond donors (Lipinski definition) is 1. The topological polar surface area (TPSA) is 41.3 Å². The molecule has 6 heteroatoms. The molecule has 4 nitrogen and oxygen atoms in total. The number of likely N-dealkylation sites (tertiary alicyclic amines) is 1. The molecule has 1 aliphatic carbocycles. The summed E-state index contributed by atoms with van der Waals surface area (Å²) in [4.78, 5) is 6.93. The van der Waals surface area contributed by atoms with Crippen molar-refractivity contribution in [2.75, 3.05) is 19.6 Å². The molecular weight excluding hydrogens is 309 g/mol. The summed E-state index contributed by atoms with van der Waals surface area (Å²) >= 11 is 0. The van der Waals surface area contributed by atoms with Crippen LogP contribution in [0, 0.1) is 19.8 Å². The Bertz CT molecular complexity index is 407. The average Bonchev–Trinajstić information content (AvgIpc) is 3.16. The van der Waals surface area contributed by atoms with Crippen LogP contribution in [-0.2, 0) is 6.54 Å². The largest absolute Gasteiger partial charge is 0.444 e. The molecule has 1 saturated carbocycles. The second-order valence-corrected chi connectivity index (χ2v) is 6.15. The first kappa shape index (κ1) is 18.8. The van der Waals surface area contributed by atoms with Crippen LogP contribution >= 0.6 is 24.8 Å². The van der Waals surface area contributed by atoms with E-state index in [0.29, 0.717) is 0 Å². The minimum Gasteiger partial charge on any atom is -0.444 e. The zero-order valence-corrected chi connectivity index (χ0v) is 14.6. The molecule has 0 unspecified atom stereocenters. The maximum Gasteiger partial charge on any atom is 0.208 e. The predicted molar refractivity (Wildman–Crippen MR) is 89.5 cm³/mol. The summed E-state index contributed by atoms with van der Waals surface area (Å²) < 4.78 is 5.66. The van der Waals surface area contributed by atoms with E-state index in [2.05, 4.69) is 15.2 Å². The molecule has 0 amide bonds. The third-order valence-electron chi connectivity index (χ3n) is 4.41. The molecule has 1 saturated heterocycles. The van der Waals surface area contributed by atoms with Crippen LogP contribution in [0.5, 0.6) is 0 Å². The van der Waals surface area contributed by atoms with Gasteiger partial charge >= 0.3 is 0 Å². The van der Waals surface area contributed by atoms with Gasteiger partial charge in [0.2, 0.25) is 5.89 Å². The normalized spacial score (nSPS) is 19.9. The van der Waals surface area contributed by atoms with Gasteiger partial charge in [-0.05, 0) is 52.0 Å². The summed E-state index contributed by atoms with van der Waals surface area (Å²) in [5.74, 6) is 2.81. The number of rotatable bonds is 5. The molecule has 0 spiro atoms. The van der Waals surface area contributed by atoms with E-state index in [-0.39, 0.29) is 24.8 Å². The lowest BCUT2D eigenvalue weighted by Gasteiger charge is -2.31. The number of halogens is 2. The van der Waals surface area contributed by atoms with Crippen molar-refractivity contribution in [1.82, 2.24) is 15.2 Å². The van der Waals surface area contributed by atoms with Crippen molar-refractivity contribution in [2.45, 2.75) is 52.1 Å². The summed E-state index contributed by atoms with van der Waals surface area (Å²) in [6, 6.07) is 0.727. The molecule has 0 aromatic carbocycles. The highest BCUT2D eigenvalue weighted by atomic mass is 35.5. The minimum atomic E-state index is 0. The first-order chi connectivity index (χ1) is 9.20. The van der Waals surface area contributed by atoms with E-state index in [4.69, 9.17) is 4.42 Å². The van der Waals surface area contributed by atoms with Crippen LogP contribution < -0.4 is 5.32 Å². The van der Waals surface area contributed by atoms with Gasteiger partial charge in [-0.1, -0.05) is 0 Å². The second-order valence-electron chi connectivity index (χ2n) is 6.15. The second kappa shape index (κ2) is 8.37. The van der Waals surface area contributed by atoms with Crippen molar-refractivity contribution in [3.63, 3.8) is 0 Å². The van der Waals surface area contributed by atoms with E-state index in [1.165, 1.54) is 32.2 Å². The highest BCUT2D eigenvalue weighted by Gasteiger charge is 2.24. The summed E-state index contributed by atoms with van der Waals surface area (Å²) in [5.41, 5.74) is 1.02. The summed E-state index contributed by atoms with van der Waals surface area (Å²) in [5, 5.41) is 3.72. The quantitative estimate of drug-likeness (QED) is 0.897. The van der Waals surface area contributed by atoms with Crippen molar-refractivity contribution >= 4 is 24.8 Å². The lowest BCUT2D eigenvalue weighted by Crippen LogP contribution is -2.42. The maximum atomic E-state index is 5.66. The Kier molecular flexibility index (Phi) is 7.48. The van der Waals surface area contributed by atoms with Gasteiger partial charge in [-0.15, -0.1) is 24.8 Å². The van der Waals surface area contributed by atoms with Crippen LogP contribution in [0.1, 0.15) is 43.0 Å². The number of hydrogen-bond acceptors (Lipinski definition) is 4. The molecule has 1 aromatic heterocycles. The molecule has 2 aliphatic rings. The van der Waals surface area contributed by atoms with Crippen LogP contribution in [0.2, 0.25) is 0 Å². The van der Waals surface area contributed by atoms with Gasteiger partial charge in [-0.2, -0.15) is 0 Å². The van der Waals surface area contributed by atoms with Gasteiger partial charge in [-0.3, -0.25) is 4.90 Å². The Morgan fingerprint density at radius 2 is 1.81 bits per heavy atom. The SMILES string of the molecule is Cc1nc(CN2CCC(NCC3CC3)CC2)oc1C.Cl.Cl. The Hall–Kier alpha value is -0.290. The van der Waals surface area contributed by atoms with Crippen LogP contribution in [0.4, 0.5) is 0 Å². The third kappa shape index (κ3) is 5.44. The molecule has 122 valence electrons. The smallest absolute Gasteiger partial charge is 0.208 e. The fourth-order valence-electron chi connectivity index (χ4n) is 2.75. The molecule has 2 heterocycles. The predicted octanol–water partition coefficient (Wildman–Crippen LogP) is 3.10. The molecular formula is C15H27Cl2N3O. The Balaban J connectivity index is 0.00000110. The van der Waals surface area contributed by atoms with E-state index in [1.54, 1.807) is 0 Å². The Labute approximate surface area is 139 Å². The number of nitrogens with one attached hydrogen (secondary N) is 1. The van der Waals surface area contributed by atoms with E-state index >= 15 is 0 Å². The van der Waals surface area contributed by atoms with Gasteiger partial charge in [0, 0.05) is 19.1 Å². The monoisotopic (exact) mass is 335 g/mol. The van der Waals surface area contributed by atoms with Gasteiger partial charge in [-0.25, -0.2) is 4.98 Å². The number of aryl methyl sites for hydroxylation is 2. The highest BCUT2D eigenvalue weighted by Crippen LogP contribution is 2.28. The number of oxazole rings is 1. The van der Waals surface area contributed by atoms with Crippen molar-refractivity contribution in [3.8, 4) is 0 Å². The highest BCUT2D eigenvalue weighted by molar-refractivity contribution is 5.85. The molecule has 2 fully saturated rings. The summed E-state index contributed by atoms with van der Waals surface area (Å²) in [6.07, 6.45) is 5.39. The van der Waals surface area contributed by atoms with Crippen molar-refractivity contribution in [2.24, 2.45) is 5.92 Å². The number of aromatic nitrogens is 1. The van der Waals surface area contributed by atoms with E-state index < -0.39 is 0 Å². The fraction of sp³-hybridized carbons (Fsp3) is 0.800. The summed E-state index contributed by atoms with van der Waals surface area (Å²) in [7, 11) is 0. The van der Waals surface area contributed by atoms with Gasteiger partial charge in [0.25, 0.3) is 0 Å². The number of piperidine rings is 1. The van der Waals surface area contributed by atoms with Crippen molar-refractivity contribution < 1.29 is 4.42 Å². The van der Waals surface area contributed by atoms with E-state index in [0.717, 1.165) is 48.9 Å². The van der Waals surface area contributed by atoms with Gasteiger partial charge in [0.05, 0.1) is 12.2 Å². The molecule has 1 aromatic rings. The van der Waals surface area contributed by atoms with Gasteiger partial charge < -0.3 is 9.73 Å². The van der Waals surface area contributed by atoms with E-state index in [1.807, 2.05) is 13.8 Å². The zero-order valence-electron chi connectivity index (χ0n) is 12.9. The van der Waals surface area contributed by atoms with Gasteiger partial charge in [0.15, 0.2) is 0 Å². The first-order valence-electron chi connectivity index (χ1n) is 7.59. The van der Waals surface area contributed by atoms with Crippen molar-refractivity contribution in [1.29, 1.82) is 0 Å². The maximum absolute atomic E-state index is 5.66. The Morgan fingerprint density at radius 3 is 2.33 bits per heavy atom. The number of nitrogens with zero attached hydrogens (tertiary/aromatic N) is 2. The van der Waals surface area contributed by atoms with Gasteiger partial charge in [0.1, 0.15) is 5.76 Å². The standard InChI is InChI=1S/C15H25N3O.2ClH/c1-11-12(2)19-15(17-11)10-18-7-5-14(6-8-18)16-9-13-3-4-13;;/h13-14,16H,3-10H2,1-2H3;2*1H. The van der Waals surface area contributed by atoms with E-state index in [9.17, 15) is 0 Å². The zero-order chi connectivity index (χ0) is 13.2. The molecule has 0 atom stereocenters. The van der Waals surface area contributed by atoms with Crippen LogP contribution in [0.25, 0.3) is 0 Å². The average molecular weight is 336 g/mol. The minimum absolute atomic E-state index is 0.